The molecule has 0 saturated carbocycles. The van der Waals surface area contributed by atoms with E-state index < -0.39 is 72.6 Å². The predicted molar refractivity (Wildman–Crippen MR) is 132 cm³/mol. The smallest absolute Gasteiger partial charge is 0.326 e. The number of H-pyrrole nitrogens is 1. The first kappa shape index (κ1) is 28.1. The van der Waals surface area contributed by atoms with E-state index in [1.54, 1.807) is 18.3 Å². The number of nitrogens with one attached hydrogen (secondary N) is 3. The molecular weight excluding hydrogens is 500 g/mol. The maximum atomic E-state index is 13.4. The van der Waals surface area contributed by atoms with Crippen LogP contribution in [0.25, 0.3) is 10.9 Å². The van der Waals surface area contributed by atoms with Gasteiger partial charge >= 0.3 is 11.9 Å². The van der Waals surface area contributed by atoms with Crippen molar-refractivity contribution in [3.8, 4) is 0 Å². The number of carboxylic acids is 2. The Balaban J connectivity index is 1.86. The second-order valence-corrected chi connectivity index (χ2v) is 9.09. The number of likely N-dealkylation sites (tertiary alicyclic amines) is 1. The number of aromatic amines is 1. The number of rotatable bonds is 12. The molecule has 0 radical (unpaired) electrons. The standard InChI is InChI=1S/C24H30N6O8/c25-14(9-20(32)33)21(34)28-16(8-12-11-27-15-5-2-1-4-13(12)15)22(35)29-17(10-19(26)31)23(36)30-7-3-6-18(30)24(37)38/h1-2,4-5,11,14,16-18,27H,3,6-10,25H2,(H2,26,31)(H,28,34)(H,29,35)(H,32,33)(H,37,38). The number of para-hydroxylation sites is 1. The molecule has 1 aromatic carbocycles. The van der Waals surface area contributed by atoms with Gasteiger partial charge in [-0.25, -0.2) is 4.79 Å². The minimum atomic E-state index is -1.48. The molecular formula is C24H30N6O8. The number of nitrogens with zero attached hydrogens (tertiary/aromatic N) is 1. The van der Waals surface area contributed by atoms with E-state index in [4.69, 9.17) is 16.6 Å². The van der Waals surface area contributed by atoms with Crippen LogP contribution in [0.5, 0.6) is 0 Å². The van der Waals surface area contributed by atoms with E-state index in [1.807, 2.05) is 12.1 Å². The van der Waals surface area contributed by atoms with Crippen molar-refractivity contribution in [2.75, 3.05) is 6.54 Å². The lowest BCUT2D eigenvalue weighted by Crippen LogP contribution is -2.58. The van der Waals surface area contributed by atoms with Crippen molar-refractivity contribution >= 4 is 46.5 Å². The maximum Gasteiger partial charge on any atom is 0.326 e. The molecule has 0 spiro atoms. The number of carboxylic acid groups (broad SMARTS) is 2. The van der Waals surface area contributed by atoms with Crippen molar-refractivity contribution in [3.05, 3.63) is 36.0 Å². The zero-order valence-electron chi connectivity index (χ0n) is 20.4. The number of hydrogen-bond donors (Lipinski definition) is 7. The largest absolute Gasteiger partial charge is 0.481 e. The summed E-state index contributed by atoms with van der Waals surface area (Å²) >= 11 is 0. The third-order valence-electron chi connectivity index (χ3n) is 6.30. The molecule has 0 bridgehead atoms. The first-order chi connectivity index (χ1) is 18.0. The third-order valence-corrected chi connectivity index (χ3v) is 6.30. The van der Waals surface area contributed by atoms with Gasteiger partial charge in [-0.05, 0) is 24.5 Å². The zero-order chi connectivity index (χ0) is 28.0. The van der Waals surface area contributed by atoms with Crippen molar-refractivity contribution in [2.24, 2.45) is 11.5 Å². The van der Waals surface area contributed by atoms with Gasteiger partial charge in [-0.1, -0.05) is 18.2 Å². The van der Waals surface area contributed by atoms with Crippen molar-refractivity contribution in [1.29, 1.82) is 0 Å². The lowest BCUT2D eigenvalue weighted by atomic mass is 10.0. The molecule has 1 aromatic heterocycles. The average Bonchev–Trinajstić information content (AvgIpc) is 3.49. The molecule has 1 aliphatic heterocycles. The number of carbonyl (C=O) groups is 6. The topological polar surface area (TPSA) is 238 Å². The molecule has 4 atom stereocenters. The molecule has 0 aliphatic carbocycles. The number of fused-ring (bicyclic) bond motifs is 1. The molecule has 3 rings (SSSR count). The van der Waals surface area contributed by atoms with E-state index in [0.29, 0.717) is 12.0 Å². The molecule has 2 aromatic rings. The number of benzene rings is 1. The van der Waals surface area contributed by atoms with Gasteiger partial charge in [0.15, 0.2) is 0 Å². The van der Waals surface area contributed by atoms with E-state index in [9.17, 15) is 33.9 Å². The van der Waals surface area contributed by atoms with Crippen LogP contribution in [0.1, 0.15) is 31.2 Å². The minimum absolute atomic E-state index is 0.0691. The molecule has 38 heavy (non-hydrogen) atoms. The monoisotopic (exact) mass is 530 g/mol. The Morgan fingerprint density at radius 1 is 1.03 bits per heavy atom. The van der Waals surface area contributed by atoms with Gasteiger partial charge in [-0.2, -0.15) is 0 Å². The summed E-state index contributed by atoms with van der Waals surface area (Å²) in [5, 5.41) is 24.0. The van der Waals surface area contributed by atoms with E-state index in [0.717, 1.165) is 15.8 Å². The fraction of sp³-hybridized carbons (Fsp3) is 0.417. The molecule has 1 fully saturated rings. The van der Waals surface area contributed by atoms with Crippen molar-refractivity contribution in [3.63, 3.8) is 0 Å². The highest BCUT2D eigenvalue weighted by atomic mass is 16.4. The van der Waals surface area contributed by atoms with Gasteiger partial charge < -0.3 is 42.2 Å². The summed E-state index contributed by atoms with van der Waals surface area (Å²) in [6.45, 7) is 0.125. The predicted octanol–water partition coefficient (Wildman–Crippen LogP) is -1.57. The van der Waals surface area contributed by atoms with Gasteiger partial charge in [-0.15, -0.1) is 0 Å². The van der Waals surface area contributed by atoms with Crippen LogP contribution in [-0.4, -0.2) is 86.4 Å². The quantitative estimate of drug-likeness (QED) is 0.167. The van der Waals surface area contributed by atoms with Gasteiger partial charge in [0.2, 0.25) is 23.6 Å². The fourth-order valence-corrected chi connectivity index (χ4v) is 4.45. The van der Waals surface area contributed by atoms with Gasteiger partial charge in [0.05, 0.1) is 18.9 Å². The number of primary amides is 1. The normalized spacial score (nSPS) is 17.4. The highest BCUT2D eigenvalue weighted by Crippen LogP contribution is 2.21. The minimum Gasteiger partial charge on any atom is -0.481 e. The number of aliphatic carboxylic acids is 2. The van der Waals surface area contributed by atoms with E-state index in [1.165, 1.54) is 0 Å². The second-order valence-electron chi connectivity index (χ2n) is 9.09. The van der Waals surface area contributed by atoms with Gasteiger partial charge in [0, 0.05) is 30.1 Å². The zero-order valence-corrected chi connectivity index (χ0v) is 20.4. The number of nitrogens with two attached hydrogens (primary N) is 2. The average molecular weight is 531 g/mol. The number of hydrogen-bond acceptors (Lipinski definition) is 7. The van der Waals surface area contributed by atoms with Crippen molar-refractivity contribution in [1.82, 2.24) is 20.5 Å². The van der Waals surface area contributed by atoms with Crippen LogP contribution in [0.3, 0.4) is 0 Å². The first-order valence-electron chi connectivity index (χ1n) is 11.9. The van der Waals surface area contributed by atoms with Crippen LogP contribution in [0.4, 0.5) is 0 Å². The highest BCUT2D eigenvalue weighted by Gasteiger charge is 2.39. The first-order valence-corrected chi connectivity index (χ1v) is 11.9. The molecule has 14 heteroatoms. The van der Waals surface area contributed by atoms with E-state index >= 15 is 0 Å². The number of aromatic nitrogens is 1. The summed E-state index contributed by atoms with van der Waals surface area (Å²) in [5.41, 5.74) is 12.4. The van der Waals surface area contributed by atoms with Gasteiger partial charge in [0.25, 0.3) is 0 Å². The summed E-state index contributed by atoms with van der Waals surface area (Å²) in [6.07, 6.45) is 0.948. The maximum absolute atomic E-state index is 13.4. The molecule has 4 unspecified atom stereocenters. The van der Waals surface area contributed by atoms with Crippen LogP contribution >= 0.6 is 0 Å². The molecule has 2 heterocycles. The van der Waals surface area contributed by atoms with E-state index in [-0.39, 0.29) is 19.4 Å². The van der Waals surface area contributed by atoms with E-state index in [2.05, 4.69) is 15.6 Å². The molecule has 204 valence electrons. The van der Waals surface area contributed by atoms with Gasteiger partial charge in [0.1, 0.15) is 18.1 Å². The number of amides is 4. The Kier molecular flexibility index (Phi) is 9.02. The van der Waals surface area contributed by atoms with Crippen LogP contribution in [0.15, 0.2) is 30.5 Å². The summed E-state index contributed by atoms with van der Waals surface area (Å²) in [5.74, 6) is -5.99. The van der Waals surface area contributed by atoms with Crippen LogP contribution in [-0.2, 0) is 35.2 Å². The van der Waals surface area contributed by atoms with Crippen LogP contribution < -0.4 is 22.1 Å². The molecule has 9 N–H and O–H groups in total. The Hall–Kier alpha value is -4.46. The Morgan fingerprint density at radius 3 is 2.37 bits per heavy atom. The molecule has 4 amide bonds. The number of carbonyl (C=O) groups excluding carboxylic acids is 4. The van der Waals surface area contributed by atoms with Crippen molar-refractivity contribution in [2.45, 2.75) is 56.3 Å². The second kappa shape index (κ2) is 12.2. The summed E-state index contributed by atoms with van der Waals surface area (Å²) < 4.78 is 0. The van der Waals surface area contributed by atoms with Crippen LogP contribution in [0.2, 0.25) is 0 Å². The summed E-state index contributed by atoms with van der Waals surface area (Å²) in [7, 11) is 0. The fourth-order valence-electron chi connectivity index (χ4n) is 4.45. The Labute approximate surface area is 216 Å². The lowest BCUT2D eigenvalue weighted by Gasteiger charge is -2.28. The third kappa shape index (κ3) is 6.85. The Bertz CT molecular complexity index is 1240. The summed E-state index contributed by atoms with van der Waals surface area (Å²) in [4.78, 5) is 77.5. The SMILES string of the molecule is NC(=O)CC(NC(=O)C(Cc1c[nH]c2ccccc12)NC(=O)C(N)CC(=O)O)C(=O)N1CCCC1C(=O)O. The molecule has 1 saturated heterocycles. The molecule has 1 aliphatic rings. The summed E-state index contributed by atoms with van der Waals surface area (Å²) in [6, 6.07) is 1.85. The van der Waals surface area contributed by atoms with Gasteiger partial charge in [-0.3, -0.25) is 24.0 Å². The Morgan fingerprint density at radius 2 is 1.71 bits per heavy atom. The highest BCUT2D eigenvalue weighted by molar-refractivity contribution is 5.97. The lowest BCUT2D eigenvalue weighted by molar-refractivity contribution is -0.149. The molecule has 14 nitrogen and oxygen atoms in total. The van der Waals surface area contributed by atoms with Crippen LogP contribution in [0, 0.1) is 0 Å². The van der Waals surface area contributed by atoms with Crippen molar-refractivity contribution < 1.29 is 39.0 Å².